The molecule has 2 aliphatic heterocycles. The van der Waals surface area contributed by atoms with Crippen molar-refractivity contribution in [3.63, 3.8) is 0 Å². The third kappa shape index (κ3) is 6.34. The van der Waals surface area contributed by atoms with Gasteiger partial charge in [0.2, 0.25) is 0 Å². The van der Waals surface area contributed by atoms with Gasteiger partial charge in [-0.05, 0) is 24.0 Å². The summed E-state index contributed by atoms with van der Waals surface area (Å²) in [7, 11) is 0. The van der Waals surface area contributed by atoms with E-state index in [0.717, 1.165) is 28.7 Å². The fraction of sp³-hybridized carbons (Fsp3) is 0.300. The molecule has 0 saturated carbocycles. The lowest BCUT2D eigenvalue weighted by atomic mass is 10.1. The zero-order chi connectivity index (χ0) is 18.2. The summed E-state index contributed by atoms with van der Waals surface area (Å²) in [6, 6.07) is 21.6. The van der Waals surface area contributed by atoms with Crippen LogP contribution in [-0.4, -0.2) is 33.1 Å². The summed E-state index contributed by atoms with van der Waals surface area (Å²) >= 11 is 8.18. The second-order valence-electron chi connectivity index (χ2n) is 6.26. The van der Waals surface area contributed by atoms with Crippen LogP contribution in [0.1, 0.15) is 11.1 Å². The monoisotopic (exact) mass is 402 g/mol. The van der Waals surface area contributed by atoms with Gasteiger partial charge in [0.1, 0.15) is 4.32 Å². The number of carbonyl (C=O) groups is 1. The van der Waals surface area contributed by atoms with Gasteiger partial charge in [-0.3, -0.25) is 4.79 Å². The van der Waals surface area contributed by atoms with E-state index in [9.17, 15) is 4.79 Å². The molecule has 1 amide bonds. The van der Waals surface area contributed by atoms with Crippen LogP contribution in [0.15, 0.2) is 60.7 Å². The summed E-state index contributed by atoms with van der Waals surface area (Å²) < 4.78 is 0.945. The fourth-order valence-corrected chi connectivity index (χ4v) is 4.85. The molecular formula is C20H22N2OS3. The first-order valence-electron chi connectivity index (χ1n) is 8.63. The van der Waals surface area contributed by atoms with E-state index in [1.807, 2.05) is 24.3 Å². The highest BCUT2D eigenvalue weighted by Gasteiger charge is 2.21. The first kappa shape index (κ1) is 19.3. The Morgan fingerprint density at radius 1 is 0.808 bits per heavy atom. The Hall–Kier alpha value is -1.50. The van der Waals surface area contributed by atoms with Gasteiger partial charge in [0.05, 0.1) is 0 Å². The SMILES string of the molecule is O=C1N[C@@H](Cc2ccccc2)CS1.S=C1N[C@@H](Cc2ccccc2)CS1. The van der Waals surface area contributed by atoms with Gasteiger partial charge in [-0.1, -0.05) is 96.4 Å². The Morgan fingerprint density at radius 3 is 1.73 bits per heavy atom. The Balaban J connectivity index is 0.000000151. The predicted molar refractivity (Wildman–Crippen MR) is 117 cm³/mol. The number of benzene rings is 2. The van der Waals surface area contributed by atoms with Crippen LogP contribution in [0.4, 0.5) is 4.79 Å². The van der Waals surface area contributed by atoms with Gasteiger partial charge in [0, 0.05) is 23.6 Å². The van der Waals surface area contributed by atoms with Crippen LogP contribution in [0.25, 0.3) is 0 Å². The molecule has 0 bridgehead atoms. The van der Waals surface area contributed by atoms with E-state index in [1.54, 1.807) is 11.8 Å². The third-order valence-corrected chi connectivity index (χ3v) is 6.49. The van der Waals surface area contributed by atoms with Crippen LogP contribution in [0.2, 0.25) is 0 Å². The van der Waals surface area contributed by atoms with Gasteiger partial charge in [-0.25, -0.2) is 0 Å². The average molecular weight is 403 g/mol. The molecule has 2 fully saturated rings. The minimum Gasteiger partial charge on any atom is -0.367 e. The van der Waals surface area contributed by atoms with Crippen LogP contribution in [0.5, 0.6) is 0 Å². The summed E-state index contributed by atoms with van der Waals surface area (Å²) in [5.41, 5.74) is 2.67. The summed E-state index contributed by atoms with van der Waals surface area (Å²) in [6.07, 6.45) is 2.02. The second-order valence-corrected chi connectivity index (χ2v) is 8.95. The summed E-state index contributed by atoms with van der Waals surface area (Å²) in [6.45, 7) is 0. The standard InChI is InChI=1S/C10H11NOS.C10H11NS2/c2*12-10-11-9(7-13-10)6-8-4-2-1-3-5-8/h2*1-5,9H,6-7H2,(H,11,12)/t2*9-/m00/s1. The molecule has 6 heteroatoms. The third-order valence-electron chi connectivity index (χ3n) is 4.13. The van der Waals surface area contributed by atoms with Crippen molar-refractivity contribution in [2.75, 3.05) is 11.5 Å². The molecule has 2 aromatic carbocycles. The highest BCUT2D eigenvalue weighted by Crippen LogP contribution is 2.17. The van der Waals surface area contributed by atoms with Crippen molar-refractivity contribution in [1.29, 1.82) is 0 Å². The molecule has 2 atom stereocenters. The number of nitrogens with one attached hydrogen (secondary N) is 2. The quantitative estimate of drug-likeness (QED) is 0.748. The molecule has 0 spiro atoms. The Morgan fingerprint density at radius 2 is 1.31 bits per heavy atom. The molecule has 136 valence electrons. The first-order chi connectivity index (χ1) is 12.7. The number of rotatable bonds is 4. The second kappa shape index (κ2) is 10.00. The lowest BCUT2D eigenvalue weighted by molar-refractivity contribution is 0.260. The molecule has 4 rings (SSSR count). The van der Waals surface area contributed by atoms with Crippen LogP contribution < -0.4 is 10.6 Å². The van der Waals surface area contributed by atoms with Crippen molar-refractivity contribution in [2.45, 2.75) is 24.9 Å². The van der Waals surface area contributed by atoms with Crippen molar-refractivity contribution < 1.29 is 4.79 Å². The van der Waals surface area contributed by atoms with Gasteiger partial charge in [-0.2, -0.15) is 0 Å². The van der Waals surface area contributed by atoms with Crippen LogP contribution >= 0.6 is 35.7 Å². The summed E-state index contributed by atoms with van der Waals surface area (Å²) in [5, 5.41) is 6.34. The van der Waals surface area contributed by atoms with Gasteiger partial charge < -0.3 is 10.6 Å². The Bertz CT molecular complexity index is 661. The first-order valence-corrected chi connectivity index (χ1v) is 11.0. The molecule has 3 nitrogen and oxygen atoms in total. The predicted octanol–water partition coefficient (Wildman–Crippen LogP) is 4.27. The topological polar surface area (TPSA) is 41.1 Å². The Kier molecular flexibility index (Phi) is 7.41. The molecule has 2 aromatic rings. The molecule has 2 N–H and O–H groups in total. The highest BCUT2D eigenvalue weighted by molar-refractivity contribution is 8.23. The zero-order valence-corrected chi connectivity index (χ0v) is 16.8. The van der Waals surface area contributed by atoms with E-state index < -0.39 is 0 Å². The molecule has 0 aromatic heterocycles. The van der Waals surface area contributed by atoms with E-state index in [-0.39, 0.29) is 5.24 Å². The van der Waals surface area contributed by atoms with E-state index in [1.165, 1.54) is 22.9 Å². The van der Waals surface area contributed by atoms with E-state index in [2.05, 4.69) is 47.0 Å². The maximum Gasteiger partial charge on any atom is 0.279 e. The van der Waals surface area contributed by atoms with Gasteiger partial charge in [-0.15, -0.1) is 0 Å². The van der Waals surface area contributed by atoms with Crippen molar-refractivity contribution in [3.8, 4) is 0 Å². The van der Waals surface area contributed by atoms with E-state index >= 15 is 0 Å². The number of thiocarbonyl (C=S) groups is 1. The summed E-state index contributed by atoms with van der Waals surface area (Å²) in [4.78, 5) is 10.9. The maximum atomic E-state index is 10.9. The largest absolute Gasteiger partial charge is 0.367 e. The van der Waals surface area contributed by atoms with Crippen LogP contribution in [-0.2, 0) is 12.8 Å². The number of hydrogen-bond acceptors (Lipinski definition) is 4. The Labute approximate surface area is 168 Å². The normalized spacial score (nSPS) is 21.5. The van der Waals surface area contributed by atoms with Crippen LogP contribution in [0.3, 0.4) is 0 Å². The molecule has 26 heavy (non-hydrogen) atoms. The maximum absolute atomic E-state index is 10.9. The van der Waals surface area contributed by atoms with E-state index in [4.69, 9.17) is 12.2 Å². The number of amides is 1. The van der Waals surface area contributed by atoms with Crippen molar-refractivity contribution >= 4 is 45.3 Å². The number of hydrogen-bond donors (Lipinski definition) is 2. The average Bonchev–Trinajstić information content (AvgIpc) is 3.25. The number of carbonyl (C=O) groups excluding carboxylic acids is 1. The highest BCUT2D eigenvalue weighted by atomic mass is 32.2. The lowest BCUT2D eigenvalue weighted by Gasteiger charge is -2.08. The molecule has 2 aliphatic rings. The van der Waals surface area contributed by atoms with Gasteiger partial charge in [0.15, 0.2) is 0 Å². The fourth-order valence-electron chi connectivity index (χ4n) is 2.87. The molecule has 0 unspecified atom stereocenters. The van der Waals surface area contributed by atoms with Gasteiger partial charge in [0.25, 0.3) is 5.24 Å². The minimum atomic E-state index is 0.112. The summed E-state index contributed by atoms with van der Waals surface area (Å²) in [5.74, 6) is 2.00. The van der Waals surface area contributed by atoms with Crippen LogP contribution in [0, 0.1) is 0 Å². The van der Waals surface area contributed by atoms with Crippen molar-refractivity contribution in [3.05, 3.63) is 71.8 Å². The lowest BCUT2D eigenvalue weighted by Crippen LogP contribution is -2.28. The molecule has 2 heterocycles. The molecule has 0 radical (unpaired) electrons. The van der Waals surface area contributed by atoms with Crippen molar-refractivity contribution in [2.24, 2.45) is 0 Å². The zero-order valence-electron chi connectivity index (χ0n) is 14.4. The molecule has 2 saturated heterocycles. The molecule has 0 aliphatic carbocycles. The van der Waals surface area contributed by atoms with E-state index in [0.29, 0.717) is 12.1 Å². The minimum absolute atomic E-state index is 0.112. The smallest absolute Gasteiger partial charge is 0.279 e. The molecular weight excluding hydrogens is 380 g/mol. The number of thioether (sulfide) groups is 2. The van der Waals surface area contributed by atoms with Crippen molar-refractivity contribution in [1.82, 2.24) is 10.6 Å². The van der Waals surface area contributed by atoms with Gasteiger partial charge >= 0.3 is 0 Å².